The van der Waals surface area contributed by atoms with Gasteiger partial charge in [0.1, 0.15) is 0 Å². The molecule has 0 amide bonds. The predicted octanol–water partition coefficient (Wildman–Crippen LogP) is 0.283. The summed E-state index contributed by atoms with van der Waals surface area (Å²) in [7, 11) is 0. The van der Waals surface area contributed by atoms with Crippen LogP contribution in [0.3, 0.4) is 0 Å². The summed E-state index contributed by atoms with van der Waals surface area (Å²) in [5, 5.41) is 5.12. The standard InChI is InChI=1S/C8H14N4OS2/c13-7-9-10-8(14)12(7)2-1-11-3-5-15-6-4-11/h1-6H2,(H,9,13)(H,10,14). The van der Waals surface area contributed by atoms with E-state index in [1.54, 1.807) is 4.57 Å². The van der Waals surface area contributed by atoms with Gasteiger partial charge in [0.15, 0.2) is 4.77 Å². The summed E-state index contributed by atoms with van der Waals surface area (Å²) in [6.45, 7) is 3.79. The maximum atomic E-state index is 11.3. The van der Waals surface area contributed by atoms with Gasteiger partial charge in [-0.25, -0.2) is 9.89 Å². The lowest BCUT2D eigenvalue weighted by Crippen LogP contribution is -2.36. The van der Waals surface area contributed by atoms with Crippen molar-refractivity contribution in [3.63, 3.8) is 0 Å². The van der Waals surface area contributed by atoms with Crippen LogP contribution in [0.25, 0.3) is 0 Å². The SMILES string of the molecule is O=c1[nH][nH]c(=S)n1CCN1CCSCC1. The molecule has 0 spiro atoms. The molecule has 2 rings (SSSR count). The van der Waals surface area contributed by atoms with Crippen molar-refractivity contribution in [3.8, 4) is 0 Å². The van der Waals surface area contributed by atoms with E-state index in [1.165, 1.54) is 11.5 Å². The molecule has 1 fully saturated rings. The number of nitrogens with one attached hydrogen (secondary N) is 2. The van der Waals surface area contributed by atoms with Crippen LogP contribution in [0.1, 0.15) is 0 Å². The molecular weight excluding hydrogens is 232 g/mol. The van der Waals surface area contributed by atoms with E-state index >= 15 is 0 Å². The zero-order chi connectivity index (χ0) is 10.7. The molecule has 0 unspecified atom stereocenters. The van der Waals surface area contributed by atoms with Gasteiger partial charge in [-0.05, 0) is 12.2 Å². The number of hydrogen-bond donors (Lipinski definition) is 2. The van der Waals surface area contributed by atoms with Crippen LogP contribution in [-0.4, -0.2) is 50.8 Å². The molecule has 0 aliphatic carbocycles. The summed E-state index contributed by atoms with van der Waals surface area (Å²) in [5.74, 6) is 2.38. The van der Waals surface area contributed by atoms with E-state index in [0.717, 1.165) is 19.6 Å². The molecule has 1 saturated heterocycles. The maximum absolute atomic E-state index is 11.3. The highest BCUT2D eigenvalue weighted by atomic mass is 32.2. The van der Waals surface area contributed by atoms with E-state index in [-0.39, 0.29) is 5.69 Å². The Morgan fingerprint density at radius 2 is 2.00 bits per heavy atom. The van der Waals surface area contributed by atoms with Gasteiger partial charge in [-0.1, -0.05) is 0 Å². The first-order valence-corrected chi connectivity index (χ1v) is 6.51. The van der Waals surface area contributed by atoms with Gasteiger partial charge in [0.25, 0.3) is 0 Å². The third-order valence-electron chi connectivity index (χ3n) is 2.51. The average Bonchev–Trinajstić information content (AvgIpc) is 2.58. The Kier molecular flexibility index (Phi) is 3.66. The fourth-order valence-corrected chi connectivity index (χ4v) is 2.81. The van der Waals surface area contributed by atoms with Crippen molar-refractivity contribution in [1.29, 1.82) is 0 Å². The summed E-state index contributed by atoms with van der Waals surface area (Å²) in [6.07, 6.45) is 0. The molecule has 1 aromatic rings. The van der Waals surface area contributed by atoms with Gasteiger partial charge in [0, 0.05) is 37.7 Å². The monoisotopic (exact) mass is 246 g/mol. The minimum absolute atomic E-state index is 0.147. The maximum Gasteiger partial charge on any atom is 0.342 e. The third-order valence-corrected chi connectivity index (χ3v) is 3.78. The second-order valence-corrected chi connectivity index (χ2v) is 5.08. The Morgan fingerprint density at radius 1 is 1.27 bits per heavy atom. The van der Waals surface area contributed by atoms with Crippen LogP contribution in [0.2, 0.25) is 0 Å². The van der Waals surface area contributed by atoms with Gasteiger partial charge in [0.2, 0.25) is 0 Å². The first-order valence-electron chi connectivity index (χ1n) is 4.95. The lowest BCUT2D eigenvalue weighted by atomic mass is 10.4. The zero-order valence-electron chi connectivity index (χ0n) is 8.36. The van der Waals surface area contributed by atoms with Crippen LogP contribution >= 0.6 is 24.0 Å². The summed E-state index contributed by atoms with van der Waals surface area (Å²) in [5.41, 5.74) is -0.147. The first-order chi connectivity index (χ1) is 7.27. The molecule has 0 bridgehead atoms. The molecule has 7 heteroatoms. The van der Waals surface area contributed by atoms with Gasteiger partial charge < -0.3 is 0 Å². The second-order valence-electron chi connectivity index (χ2n) is 3.47. The van der Waals surface area contributed by atoms with Crippen molar-refractivity contribution in [3.05, 3.63) is 15.3 Å². The van der Waals surface area contributed by atoms with E-state index in [4.69, 9.17) is 12.2 Å². The number of H-pyrrole nitrogens is 2. The van der Waals surface area contributed by atoms with E-state index < -0.39 is 0 Å². The van der Waals surface area contributed by atoms with Crippen molar-refractivity contribution in [2.24, 2.45) is 0 Å². The Bertz CT molecular complexity index is 387. The van der Waals surface area contributed by atoms with E-state index in [1.807, 2.05) is 11.8 Å². The summed E-state index contributed by atoms with van der Waals surface area (Å²) in [4.78, 5) is 13.7. The minimum Gasteiger partial charge on any atom is -0.300 e. The van der Waals surface area contributed by atoms with Crippen LogP contribution in [0, 0.1) is 4.77 Å². The normalized spacial score (nSPS) is 18.1. The highest BCUT2D eigenvalue weighted by Crippen LogP contribution is 2.08. The molecule has 1 aromatic heterocycles. The number of nitrogens with zero attached hydrogens (tertiary/aromatic N) is 2. The van der Waals surface area contributed by atoms with E-state index in [9.17, 15) is 4.79 Å². The molecule has 0 aromatic carbocycles. The molecule has 84 valence electrons. The van der Waals surface area contributed by atoms with E-state index in [0.29, 0.717) is 11.3 Å². The van der Waals surface area contributed by atoms with Crippen LogP contribution in [0.5, 0.6) is 0 Å². The Labute approximate surface area is 96.8 Å². The number of aromatic amines is 2. The quantitative estimate of drug-likeness (QED) is 0.752. The highest BCUT2D eigenvalue weighted by molar-refractivity contribution is 7.99. The molecule has 15 heavy (non-hydrogen) atoms. The van der Waals surface area contributed by atoms with Crippen LogP contribution in [0.15, 0.2) is 4.79 Å². The predicted molar refractivity (Wildman–Crippen MR) is 64.0 cm³/mol. The minimum atomic E-state index is -0.147. The van der Waals surface area contributed by atoms with E-state index in [2.05, 4.69) is 15.1 Å². The van der Waals surface area contributed by atoms with Gasteiger partial charge in [0.05, 0.1) is 0 Å². The fraction of sp³-hybridized carbons (Fsp3) is 0.750. The van der Waals surface area contributed by atoms with Gasteiger partial charge in [-0.15, -0.1) is 0 Å². The first kappa shape index (κ1) is 11.0. The molecule has 5 nitrogen and oxygen atoms in total. The molecule has 1 aliphatic rings. The largest absolute Gasteiger partial charge is 0.342 e. The lowest BCUT2D eigenvalue weighted by molar-refractivity contribution is 0.287. The highest BCUT2D eigenvalue weighted by Gasteiger charge is 2.10. The Hall–Kier alpha value is -0.530. The van der Waals surface area contributed by atoms with Crippen molar-refractivity contribution < 1.29 is 0 Å². The topological polar surface area (TPSA) is 56.8 Å². The molecular formula is C8H14N4OS2. The number of thioether (sulfide) groups is 1. The average molecular weight is 246 g/mol. The van der Waals surface area contributed by atoms with Crippen molar-refractivity contribution in [2.45, 2.75) is 6.54 Å². The molecule has 0 atom stereocenters. The number of aromatic nitrogens is 3. The van der Waals surface area contributed by atoms with Gasteiger partial charge in [-0.3, -0.25) is 14.6 Å². The zero-order valence-corrected chi connectivity index (χ0v) is 9.99. The smallest absolute Gasteiger partial charge is 0.300 e. The molecule has 2 N–H and O–H groups in total. The number of hydrogen-bond acceptors (Lipinski definition) is 4. The van der Waals surface area contributed by atoms with Crippen LogP contribution < -0.4 is 5.69 Å². The molecule has 1 aliphatic heterocycles. The van der Waals surface area contributed by atoms with Crippen LogP contribution in [0.4, 0.5) is 0 Å². The van der Waals surface area contributed by atoms with Gasteiger partial charge >= 0.3 is 5.69 Å². The van der Waals surface area contributed by atoms with Gasteiger partial charge in [-0.2, -0.15) is 11.8 Å². The summed E-state index contributed by atoms with van der Waals surface area (Å²) in [6, 6.07) is 0. The fourth-order valence-electron chi connectivity index (χ4n) is 1.60. The molecule has 0 radical (unpaired) electrons. The molecule has 2 heterocycles. The van der Waals surface area contributed by atoms with Crippen LogP contribution in [-0.2, 0) is 6.54 Å². The third kappa shape index (κ3) is 2.73. The van der Waals surface area contributed by atoms with Crippen molar-refractivity contribution >= 4 is 24.0 Å². The summed E-state index contributed by atoms with van der Waals surface area (Å²) < 4.78 is 2.04. The van der Waals surface area contributed by atoms with Crippen molar-refractivity contribution in [1.82, 2.24) is 19.7 Å². The summed E-state index contributed by atoms with van der Waals surface area (Å²) >= 11 is 6.98. The second kappa shape index (κ2) is 5.00. The van der Waals surface area contributed by atoms with Crippen molar-refractivity contribution in [2.75, 3.05) is 31.1 Å². The Balaban J connectivity index is 1.92. The Morgan fingerprint density at radius 3 is 2.60 bits per heavy atom. The lowest BCUT2D eigenvalue weighted by Gasteiger charge is -2.25. The molecule has 0 saturated carbocycles. The number of rotatable bonds is 3.